The predicted molar refractivity (Wildman–Crippen MR) is 65.0 cm³/mol. The van der Waals surface area contributed by atoms with E-state index in [1.54, 1.807) is 0 Å². The van der Waals surface area contributed by atoms with Gasteiger partial charge in [-0.2, -0.15) is 5.26 Å². The number of thiol groups is 1. The molecule has 2 aromatic rings. The average Bonchev–Trinajstić information content (AvgIpc) is 2.30. The molecule has 0 unspecified atom stereocenters. The zero-order chi connectivity index (χ0) is 10.7. The van der Waals surface area contributed by atoms with E-state index in [0.717, 1.165) is 16.0 Å². The Balaban J connectivity index is 0.00000128. The summed E-state index contributed by atoms with van der Waals surface area (Å²) in [6.07, 6.45) is 0. The quantitative estimate of drug-likeness (QED) is 0.569. The van der Waals surface area contributed by atoms with Crippen LogP contribution in [0.4, 0.5) is 0 Å². The van der Waals surface area contributed by atoms with Crippen molar-refractivity contribution in [1.29, 1.82) is 5.26 Å². The SMILES string of the molecule is N#Cc1ccc(-c2ccccc2S)cc1.[H-].[Na+]. The van der Waals surface area contributed by atoms with E-state index in [0.29, 0.717) is 5.56 Å². The van der Waals surface area contributed by atoms with E-state index in [-0.39, 0.29) is 31.0 Å². The summed E-state index contributed by atoms with van der Waals surface area (Å²) in [5, 5.41) is 8.69. The molecule has 0 aliphatic rings. The summed E-state index contributed by atoms with van der Waals surface area (Å²) in [5.74, 6) is 0. The standard InChI is InChI=1S/C13H9NS.Na.H/c14-9-10-5-7-11(8-6-10)12-3-1-2-4-13(12)15;;/h1-8,15H;;/q;+1;-1. The Hall–Kier alpha value is -0.720. The first-order chi connectivity index (χ1) is 7.31. The molecular weight excluding hydrogens is 225 g/mol. The molecule has 0 saturated heterocycles. The second kappa shape index (κ2) is 6.12. The largest absolute Gasteiger partial charge is 1.00 e. The van der Waals surface area contributed by atoms with Gasteiger partial charge in [-0.1, -0.05) is 30.3 Å². The van der Waals surface area contributed by atoms with Crippen LogP contribution < -0.4 is 29.6 Å². The molecule has 0 saturated carbocycles. The fraction of sp³-hybridized carbons (Fsp3) is 0. The van der Waals surface area contributed by atoms with Gasteiger partial charge in [0.05, 0.1) is 11.6 Å². The molecule has 2 aromatic carbocycles. The zero-order valence-electron chi connectivity index (χ0n) is 10.0. The summed E-state index contributed by atoms with van der Waals surface area (Å²) in [6.45, 7) is 0. The Labute approximate surface area is 124 Å². The van der Waals surface area contributed by atoms with Crippen LogP contribution in [0.15, 0.2) is 53.4 Å². The van der Waals surface area contributed by atoms with Crippen molar-refractivity contribution in [3.05, 3.63) is 54.1 Å². The molecule has 16 heavy (non-hydrogen) atoms. The fourth-order valence-electron chi connectivity index (χ4n) is 1.44. The maximum Gasteiger partial charge on any atom is 1.00 e. The van der Waals surface area contributed by atoms with Gasteiger partial charge in [0, 0.05) is 4.90 Å². The van der Waals surface area contributed by atoms with Crippen LogP contribution in [0.2, 0.25) is 0 Å². The smallest absolute Gasteiger partial charge is 1.00 e. The molecule has 2 rings (SSSR count). The van der Waals surface area contributed by atoms with Gasteiger partial charge in [-0.15, -0.1) is 12.6 Å². The molecule has 0 N–H and O–H groups in total. The normalized spacial score (nSPS) is 9.00. The number of hydrogen-bond acceptors (Lipinski definition) is 2. The molecule has 3 heteroatoms. The first-order valence-corrected chi connectivity index (χ1v) is 5.04. The fourth-order valence-corrected chi connectivity index (χ4v) is 1.73. The summed E-state index contributed by atoms with van der Waals surface area (Å²) < 4.78 is 0. The van der Waals surface area contributed by atoms with Gasteiger partial charge in [-0.05, 0) is 29.3 Å². The van der Waals surface area contributed by atoms with Gasteiger partial charge in [0.2, 0.25) is 0 Å². The van der Waals surface area contributed by atoms with E-state index in [1.165, 1.54) is 0 Å². The Morgan fingerprint density at radius 1 is 1.00 bits per heavy atom. The molecule has 0 aromatic heterocycles. The summed E-state index contributed by atoms with van der Waals surface area (Å²) >= 11 is 4.39. The van der Waals surface area contributed by atoms with E-state index < -0.39 is 0 Å². The Kier molecular flexibility index (Phi) is 5.11. The van der Waals surface area contributed by atoms with Crippen molar-refractivity contribution in [2.45, 2.75) is 4.90 Å². The summed E-state index contributed by atoms with van der Waals surface area (Å²) in [4.78, 5) is 0.946. The third kappa shape index (κ3) is 2.90. The van der Waals surface area contributed by atoms with Crippen LogP contribution in [-0.2, 0) is 0 Å². The minimum Gasteiger partial charge on any atom is -1.00 e. The van der Waals surface area contributed by atoms with Crippen LogP contribution in [0.25, 0.3) is 11.1 Å². The second-order valence-electron chi connectivity index (χ2n) is 3.21. The molecule has 0 atom stereocenters. The molecule has 0 bridgehead atoms. The van der Waals surface area contributed by atoms with Gasteiger partial charge in [0.15, 0.2) is 0 Å². The molecule has 0 aliphatic carbocycles. The van der Waals surface area contributed by atoms with Gasteiger partial charge < -0.3 is 1.43 Å². The van der Waals surface area contributed by atoms with Crippen molar-refractivity contribution in [3.63, 3.8) is 0 Å². The molecule has 0 fully saturated rings. The first-order valence-electron chi connectivity index (χ1n) is 4.60. The topological polar surface area (TPSA) is 23.8 Å². The molecule has 0 aliphatic heterocycles. The Morgan fingerprint density at radius 3 is 2.19 bits per heavy atom. The monoisotopic (exact) mass is 235 g/mol. The zero-order valence-corrected chi connectivity index (χ0v) is 11.9. The van der Waals surface area contributed by atoms with Gasteiger partial charge >= 0.3 is 29.6 Å². The van der Waals surface area contributed by atoms with Crippen LogP contribution in [0.3, 0.4) is 0 Å². The van der Waals surface area contributed by atoms with Crippen molar-refractivity contribution in [2.75, 3.05) is 0 Å². The van der Waals surface area contributed by atoms with Crippen molar-refractivity contribution in [3.8, 4) is 17.2 Å². The van der Waals surface area contributed by atoms with Crippen molar-refractivity contribution in [1.82, 2.24) is 0 Å². The Morgan fingerprint density at radius 2 is 1.62 bits per heavy atom. The van der Waals surface area contributed by atoms with Crippen molar-refractivity contribution >= 4 is 12.6 Å². The molecule has 0 radical (unpaired) electrons. The van der Waals surface area contributed by atoms with Crippen LogP contribution in [0, 0.1) is 11.3 Å². The molecular formula is C13H10NNaS. The first kappa shape index (κ1) is 13.3. The van der Waals surface area contributed by atoms with Crippen molar-refractivity contribution < 1.29 is 31.0 Å². The number of nitriles is 1. The average molecular weight is 235 g/mol. The molecule has 0 amide bonds. The molecule has 0 spiro atoms. The third-order valence-corrected chi connectivity index (χ3v) is 2.62. The molecule has 1 nitrogen and oxygen atoms in total. The second-order valence-corrected chi connectivity index (χ2v) is 3.69. The minimum atomic E-state index is 0. The van der Waals surface area contributed by atoms with E-state index in [1.807, 2.05) is 48.5 Å². The van der Waals surface area contributed by atoms with Crippen LogP contribution in [-0.4, -0.2) is 0 Å². The van der Waals surface area contributed by atoms with E-state index >= 15 is 0 Å². The van der Waals surface area contributed by atoms with Gasteiger partial charge in [0.1, 0.15) is 0 Å². The van der Waals surface area contributed by atoms with Crippen molar-refractivity contribution in [2.24, 2.45) is 0 Å². The van der Waals surface area contributed by atoms with Crippen LogP contribution in [0.5, 0.6) is 0 Å². The number of nitrogens with zero attached hydrogens (tertiary/aromatic N) is 1. The van der Waals surface area contributed by atoms with E-state index in [2.05, 4.69) is 18.7 Å². The maximum atomic E-state index is 8.69. The predicted octanol–water partition coefficient (Wildman–Crippen LogP) is 0.630. The van der Waals surface area contributed by atoms with E-state index in [9.17, 15) is 0 Å². The molecule has 74 valence electrons. The van der Waals surface area contributed by atoms with Gasteiger partial charge in [-0.3, -0.25) is 0 Å². The summed E-state index contributed by atoms with van der Waals surface area (Å²) in [5.41, 5.74) is 2.85. The van der Waals surface area contributed by atoms with Gasteiger partial charge in [-0.25, -0.2) is 0 Å². The number of rotatable bonds is 1. The molecule has 0 heterocycles. The Bertz CT molecular complexity index is 520. The summed E-state index contributed by atoms with van der Waals surface area (Å²) in [7, 11) is 0. The van der Waals surface area contributed by atoms with Crippen LogP contribution >= 0.6 is 12.6 Å². The summed E-state index contributed by atoms with van der Waals surface area (Å²) in [6, 6.07) is 17.5. The van der Waals surface area contributed by atoms with Gasteiger partial charge in [0.25, 0.3) is 0 Å². The number of hydrogen-bond donors (Lipinski definition) is 1. The minimum absolute atomic E-state index is 0. The van der Waals surface area contributed by atoms with Crippen LogP contribution in [0.1, 0.15) is 6.99 Å². The van der Waals surface area contributed by atoms with E-state index in [4.69, 9.17) is 5.26 Å². The maximum absolute atomic E-state index is 8.69. The third-order valence-electron chi connectivity index (χ3n) is 2.23. The number of benzene rings is 2.